The molecule has 0 bridgehead atoms. The first kappa shape index (κ1) is 37.1. The molecule has 1 amide bonds. The van der Waals surface area contributed by atoms with Gasteiger partial charge in [0.25, 0.3) is 5.56 Å². The van der Waals surface area contributed by atoms with Crippen molar-refractivity contribution in [2.75, 3.05) is 85.7 Å². The van der Waals surface area contributed by atoms with E-state index in [4.69, 9.17) is 42.1 Å². The first-order chi connectivity index (χ1) is 22.3. The number of rotatable bonds is 15. The Morgan fingerprint density at radius 1 is 0.978 bits per heavy atom. The number of piperazine rings is 1. The number of carbonyl (C=O) groups excluding carboxylic acids is 1. The van der Waals surface area contributed by atoms with Gasteiger partial charge in [0.2, 0.25) is 5.91 Å². The van der Waals surface area contributed by atoms with E-state index in [1.54, 1.807) is 34.9 Å². The van der Waals surface area contributed by atoms with Crippen LogP contribution in [0.15, 0.2) is 41.8 Å². The van der Waals surface area contributed by atoms with E-state index >= 15 is 0 Å². The molecule has 46 heavy (non-hydrogen) atoms. The topological polar surface area (TPSA) is 107 Å². The molecular weight excluding hydrogens is 633 g/mol. The highest BCUT2D eigenvalue weighted by Gasteiger charge is 2.23. The second kappa shape index (κ2) is 18.7. The van der Waals surface area contributed by atoms with Gasteiger partial charge in [-0.15, -0.1) is 0 Å². The number of methoxy groups -OCH3 is 3. The molecule has 3 aromatic rings. The molecule has 1 fully saturated rings. The third-order valence-electron chi connectivity index (χ3n) is 7.52. The van der Waals surface area contributed by atoms with Gasteiger partial charge in [0.1, 0.15) is 17.3 Å². The van der Waals surface area contributed by atoms with E-state index in [1.807, 2.05) is 19.9 Å². The van der Waals surface area contributed by atoms with E-state index in [1.165, 1.54) is 20.3 Å². The first-order valence-corrected chi connectivity index (χ1v) is 16.2. The lowest BCUT2D eigenvalue weighted by molar-refractivity contribution is -0.127. The highest BCUT2D eigenvalue weighted by molar-refractivity contribution is 6.41. The summed E-state index contributed by atoms with van der Waals surface area (Å²) in [6.45, 7) is 13.6. The molecule has 1 aliphatic heterocycles. The van der Waals surface area contributed by atoms with Crippen LogP contribution in [0.1, 0.15) is 20.3 Å². The fraction of sp³-hybridized carbons (Fsp3) is 0.485. The minimum atomic E-state index is -0.252. The number of amides is 1. The van der Waals surface area contributed by atoms with Crippen LogP contribution < -0.4 is 20.3 Å². The van der Waals surface area contributed by atoms with Crippen molar-refractivity contribution >= 4 is 45.8 Å². The van der Waals surface area contributed by atoms with Gasteiger partial charge in [-0.3, -0.25) is 14.5 Å². The molecule has 0 spiro atoms. The summed E-state index contributed by atoms with van der Waals surface area (Å²) in [5.74, 6) is 1.25. The smallest absolute Gasteiger partial charge is 0.259 e. The molecule has 1 aromatic carbocycles. The van der Waals surface area contributed by atoms with Crippen molar-refractivity contribution in [1.82, 2.24) is 19.4 Å². The highest BCUT2D eigenvalue weighted by Crippen LogP contribution is 2.45. The molecule has 1 saturated heterocycles. The number of carbonyl (C=O) groups is 1. The average molecular weight is 679 g/mol. The van der Waals surface area contributed by atoms with Gasteiger partial charge in [-0.25, -0.2) is 4.98 Å². The Morgan fingerprint density at radius 2 is 1.65 bits per heavy atom. The van der Waals surface area contributed by atoms with Crippen LogP contribution in [0, 0.1) is 0 Å². The minimum Gasteiger partial charge on any atom is -0.495 e. The zero-order chi connectivity index (χ0) is 33.6. The zero-order valence-corrected chi connectivity index (χ0v) is 28.9. The van der Waals surface area contributed by atoms with E-state index in [-0.39, 0.29) is 21.5 Å². The summed E-state index contributed by atoms with van der Waals surface area (Å²) >= 11 is 13.5. The maximum Gasteiger partial charge on any atom is 0.259 e. The summed E-state index contributed by atoms with van der Waals surface area (Å²) in [7, 11) is 4.61. The number of fused-ring (bicyclic) bond motifs is 1. The van der Waals surface area contributed by atoms with Crippen LogP contribution in [-0.2, 0) is 20.8 Å². The van der Waals surface area contributed by atoms with Crippen LogP contribution >= 0.6 is 23.2 Å². The zero-order valence-electron chi connectivity index (χ0n) is 27.4. The number of aromatic nitrogens is 2. The molecule has 0 atom stereocenters. The van der Waals surface area contributed by atoms with Crippen molar-refractivity contribution in [2.24, 2.45) is 0 Å². The van der Waals surface area contributed by atoms with Gasteiger partial charge in [0.15, 0.2) is 0 Å². The quantitative estimate of drug-likeness (QED) is 0.171. The SMILES string of the molecule is C=CC(=O)N1CCN(CCCn2c(=O)c(-c3c(Cl)c(OC)cc(OC)c3Cl)cc3cnc(NCCOCCOC)cc32)CC1.CC. The van der Waals surface area contributed by atoms with Crippen LogP contribution in [0.25, 0.3) is 22.0 Å². The summed E-state index contributed by atoms with van der Waals surface area (Å²) < 4.78 is 23.2. The van der Waals surface area contributed by atoms with Crippen LogP contribution in [0.5, 0.6) is 11.5 Å². The van der Waals surface area contributed by atoms with Gasteiger partial charge in [0.05, 0.1) is 55.2 Å². The van der Waals surface area contributed by atoms with E-state index < -0.39 is 0 Å². The molecule has 3 heterocycles. The second-order valence-electron chi connectivity index (χ2n) is 10.2. The van der Waals surface area contributed by atoms with E-state index in [0.29, 0.717) is 80.9 Å². The normalized spacial score (nSPS) is 13.2. The van der Waals surface area contributed by atoms with Crippen LogP contribution in [-0.4, -0.2) is 106 Å². The Morgan fingerprint density at radius 3 is 2.26 bits per heavy atom. The number of aryl methyl sites for hydroxylation is 1. The number of ether oxygens (including phenoxy) is 4. The molecule has 2 aromatic heterocycles. The summed E-state index contributed by atoms with van der Waals surface area (Å²) in [6.07, 6.45) is 3.77. The molecule has 0 radical (unpaired) electrons. The summed E-state index contributed by atoms with van der Waals surface area (Å²) in [5.41, 5.74) is 1.12. The van der Waals surface area contributed by atoms with E-state index in [0.717, 1.165) is 30.5 Å². The molecule has 13 heteroatoms. The number of hydrogen-bond donors (Lipinski definition) is 1. The molecule has 252 valence electrons. The van der Waals surface area contributed by atoms with Gasteiger partial charge in [0, 0.05) is 75.7 Å². The lowest BCUT2D eigenvalue weighted by Gasteiger charge is -2.34. The number of nitrogens with zero attached hydrogens (tertiary/aromatic N) is 4. The third kappa shape index (κ3) is 9.13. The Kier molecular flexibility index (Phi) is 15.1. The van der Waals surface area contributed by atoms with Crippen molar-refractivity contribution in [1.29, 1.82) is 0 Å². The number of nitrogens with one attached hydrogen (secondary N) is 1. The fourth-order valence-corrected chi connectivity index (χ4v) is 5.87. The molecule has 1 aliphatic rings. The third-order valence-corrected chi connectivity index (χ3v) is 8.27. The predicted molar refractivity (Wildman–Crippen MR) is 185 cm³/mol. The first-order valence-electron chi connectivity index (χ1n) is 15.4. The van der Waals surface area contributed by atoms with E-state index in [9.17, 15) is 9.59 Å². The average Bonchev–Trinajstić information content (AvgIpc) is 3.08. The van der Waals surface area contributed by atoms with Crippen LogP contribution in [0.4, 0.5) is 5.82 Å². The molecule has 1 N–H and O–H groups in total. The van der Waals surface area contributed by atoms with Crippen molar-refractivity contribution in [3.05, 3.63) is 57.4 Å². The summed E-state index contributed by atoms with van der Waals surface area (Å²) in [6, 6.07) is 5.21. The molecule has 0 saturated carbocycles. The highest BCUT2D eigenvalue weighted by atomic mass is 35.5. The Labute approximate surface area is 281 Å². The van der Waals surface area contributed by atoms with Gasteiger partial charge in [-0.2, -0.15) is 0 Å². The Bertz CT molecular complexity index is 1500. The number of halogens is 2. The number of pyridine rings is 2. The van der Waals surface area contributed by atoms with Crippen molar-refractivity contribution in [3.63, 3.8) is 0 Å². The molecule has 11 nitrogen and oxygen atoms in total. The Hall–Kier alpha value is -3.35. The van der Waals surface area contributed by atoms with Crippen LogP contribution in [0.2, 0.25) is 10.0 Å². The second-order valence-corrected chi connectivity index (χ2v) is 10.9. The lowest BCUT2D eigenvalue weighted by atomic mass is 10.0. The molecule has 4 rings (SSSR count). The largest absolute Gasteiger partial charge is 0.495 e. The standard InChI is InChI=1S/C31H39Cl2N5O6.C2H6/c1-5-27(39)37-12-10-36(11-13-37)8-6-9-38-23-18-26(34-7-14-44-16-15-41-2)35-20-21(23)17-22(31(38)40)28-29(32)24(42-3)19-25(43-4)30(28)33;1-2/h5,17-20H,1,6-16H2,2-4H3,(H,34,35);1-2H3. The van der Waals surface area contributed by atoms with Gasteiger partial charge in [-0.05, 0) is 25.1 Å². The fourth-order valence-electron chi connectivity index (χ4n) is 5.16. The number of benzene rings is 1. The lowest BCUT2D eigenvalue weighted by Crippen LogP contribution is -2.48. The number of anilines is 1. The molecule has 0 aliphatic carbocycles. The maximum absolute atomic E-state index is 14.2. The van der Waals surface area contributed by atoms with Gasteiger partial charge < -0.3 is 33.7 Å². The summed E-state index contributed by atoms with van der Waals surface area (Å²) in [5, 5.41) is 4.44. The molecule has 0 unspecified atom stereocenters. The van der Waals surface area contributed by atoms with Crippen molar-refractivity contribution in [3.8, 4) is 22.6 Å². The Balaban J connectivity index is 0.00000282. The monoisotopic (exact) mass is 677 g/mol. The predicted octanol–water partition coefficient (Wildman–Crippen LogP) is 5.21. The van der Waals surface area contributed by atoms with Crippen LogP contribution in [0.3, 0.4) is 0 Å². The van der Waals surface area contributed by atoms with Gasteiger partial charge in [-0.1, -0.05) is 43.6 Å². The number of hydrogen-bond acceptors (Lipinski definition) is 9. The van der Waals surface area contributed by atoms with Gasteiger partial charge >= 0.3 is 0 Å². The maximum atomic E-state index is 14.2. The molecular formula is C33H45Cl2N5O6. The van der Waals surface area contributed by atoms with E-state index in [2.05, 4.69) is 21.8 Å². The van der Waals surface area contributed by atoms with Crippen molar-refractivity contribution < 1.29 is 23.7 Å². The summed E-state index contributed by atoms with van der Waals surface area (Å²) in [4.78, 5) is 34.8. The minimum absolute atomic E-state index is 0.0504. The van der Waals surface area contributed by atoms with Crippen molar-refractivity contribution in [2.45, 2.75) is 26.8 Å².